The zero-order valence-electron chi connectivity index (χ0n) is 11.1. The smallest absolute Gasteiger partial charge is 0.236 e. The molecule has 102 valence electrons. The molecular weight excluding hydrogens is 228 g/mol. The number of imidazole rings is 1. The normalized spacial score (nSPS) is 12.3. The van der Waals surface area contributed by atoms with E-state index < -0.39 is 0 Å². The highest BCUT2D eigenvalue weighted by Gasteiger charge is 2.11. The number of aromatic nitrogens is 2. The van der Waals surface area contributed by atoms with Gasteiger partial charge in [-0.2, -0.15) is 0 Å². The molecule has 1 rings (SSSR count). The highest BCUT2D eigenvalue weighted by molar-refractivity contribution is 5.81. The van der Waals surface area contributed by atoms with Crippen molar-refractivity contribution < 1.29 is 4.79 Å². The van der Waals surface area contributed by atoms with Crippen LogP contribution in [0.4, 0.5) is 0 Å². The maximum atomic E-state index is 11.6. The summed E-state index contributed by atoms with van der Waals surface area (Å²) in [4.78, 5) is 15.6. The second-order valence-electron chi connectivity index (χ2n) is 4.55. The Bertz CT molecular complexity index is 324. The van der Waals surface area contributed by atoms with Crippen LogP contribution in [0.25, 0.3) is 0 Å². The van der Waals surface area contributed by atoms with Crippen molar-refractivity contribution in [2.45, 2.75) is 51.6 Å². The number of carbonyl (C=O) groups is 1. The highest BCUT2D eigenvalue weighted by atomic mass is 16.2. The maximum absolute atomic E-state index is 11.6. The standard InChI is InChI=1S/C13H24N4O/c1-2-3-6-12(14)13(18)16-7-4-5-9-17-10-8-15-11-17/h8,10-12H,2-7,9,14H2,1H3,(H,16,18). The third-order valence-electron chi connectivity index (χ3n) is 2.91. The summed E-state index contributed by atoms with van der Waals surface area (Å²) in [5.74, 6) is -0.0221. The Kier molecular flexibility index (Phi) is 7.10. The summed E-state index contributed by atoms with van der Waals surface area (Å²) >= 11 is 0. The molecule has 0 spiro atoms. The van der Waals surface area contributed by atoms with Gasteiger partial charge in [-0.05, 0) is 19.3 Å². The van der Waals surface area contributed by atoms with Crippen molar-refractivity contribution in [1.29, 1.82) is 0 Å². The predicted octanol–water partition coefficient (Wildman–Crippen LogP) is 1.30. The lowest BCUT2D eigenvalue weighted by Gasteiger charge is -2.11. The van der Waals surface area contributed by atoms with E-state index in [2.05, 4.69) is 17.2 Å². The zero-order valence-corrected chi connectivity index (χ0v) is 11.1. The average Bonchev–Trinajstić information content (AvgIpc) is 2.88. The van der Waals surface area contributed by atoms with Crippen molar-refractivity contribution in [3.8, 4) is 0 Å². The van der Waals surface area contributed by atoms with Crippen LogP contribution in [0.2, 0.25) is 0 Å². The van der Waals surface area contributed by atoms with Gasteiger partial charge >= 0.3 is 0 Å². The Morgan fingerprint density at radius 1 is 1.44 bits per heavy atom. The van der Waals surface area contributed by atoms with Gasteiger partial charge in [0.15, 0.2) is 0 Å². The molecule has 0 aliphatic heterocycles. The molecule has 0 radical (unpaired) electrons. The molecule has 1 heterocycles. The van der Waals surface area contributed by atoms with Crippen molar-refractivity contribution in [3.63, 3.8) is 0 Å². The Hall–Kier alpha value is -1.36. The largest absolute Gasteiger partial charge is 0.355 e. The van der Waals surface area contributed by atoms with Crippen LogP contribution in [-0.4, -0.2) is 28.0 Å². The van der Waals surface area contributed by atoms with Gasteiger partial charge in [0.2, 0.25) is 5.91 Å². The van der Waals surface area contributed by atoms with Gasteiger partial charge in [0.1, 0.15) is 0 Å². The summed E-state index contributed by atoms with van der Waals surface area (Å²) in [6.45, 7) is 3.74. The summed E-state index contributed by atoms with van der Waals surface area (Å²) in [7, 11) is 0. The van der Waals surface area contributed by atoms with E-state index in [0.717, 1.165) is 38.6 Å². The minimum absolute atomic E-state index is 0.0221. The number of rotatable bonds is 9. The summed E-state index contributed by atoms with van der Waals surface area (Å²) in [6.07, 6.45) is 10.4. The molecule has 1 aromatic heterocycles. The van der Waals surface area contributed by atoms with Crippen LogP contribution in [-0.2, 0) is 11.3 Å². The molecule has 18 heavy (non-hydrogen) atoms. The SMILES string of the molecule is CCCCC(N)C(=O)NCCCCn1ccnc1. The van der Waals surface area contributed by atoms with Crippen LogP contribution < -0.4 is 11.1 Å². The number of aryl methyl sites for hydroxylation is 1. The van der Waals surface area contributed by atoms with E-state index in [-0.39, 0.29) is 11.9 Å². The van der Waals surface area contributed by atoms with E-state index in [1.165, 1.54) is 0 Å². The summed E-state index contributed by atoms with van der Waals surface area (Å²) in [5, 5.41) is 2.88. The molecule has 0 aliphatic carbocycles. The fourth-order valence-corrected chi connectivity index (χ4v) is 1.74. The van der Waals surface area contributed by atoms with Crippen LogP contribution in [0.15, 0.2) is 18.7 Å². The zero-order chi connectivity index (χ0) is 13.2. The molecule has 1 aromatic rings. The minimum atomic E-state index is -0.349. The first-order valence-electron chi connectivity index (χ1n) is 6.73. The molecule has 0 aromatic carbocycles. The quantitative estimate of drug-likeness (QED) is 0.651. The predicted molar refractivity (Wildman–Crippen MR) is 72.0 cm³/mol. The first-order chi connectivity index (χ1) is 8.74. The second kappa shape index (κ2) is 8.69. The molecule has 0 bridgehead atoms. The van der Waals surface area contributed by atoms with Gasteiger partial charge in [-0.1, -0.05) is 19.8 Å². The first kappa shape index (κ1) is 14.7. The number of hydrogen-bond acceptors (Lipinski definition) is 3. The Morgan fingerprint density at radius 3 is 2.94 bits per heavy atom. The lowest BCUT2D eigenvalue weighted by Crippen LogP contribution is -2.40. The Labute approximate surface area is 109 Å². The molecule has 3 N–H and O–H groups in total. The number of carbonyl (C=O) groups excluding carboxylic acids is 1. The van der Waals surface area contributed by atoms with Crippen LogP contribution in [0.5, 0.6) is 0 Å². The molecule has 0 aliphatic rings. The summed E-state index contributed by atoms with van der Waals surface area (Å²) in [5.41, 5.74) is 5.77. The lowest BCUT2D eigenvalue weighted by atomic mass is 10.1. The van der Waals surface area contributed by atoms with E-state index in [9.17, 15) is 4.79 Å². The van der Waals surface area contributed by atoms with Crippen molar-refractivity contribution >= 4 is 5.91 Å². The molecule has 0 fully saturated rings. The number of nitrogens with one attached hydrogen (secondary N) is 1. The monoisotopic (exact) mass is 252 g/mol. The third-order valence-corrected chi connectivity index (χ3v) is 2.91. The number of unbranched alkanes of at least 4 members (excludes halogenated alkanes) is 2. The van der Waals surface area contributed by atoms with Crippen LogP contribution in [0.1, 0.15) is 39.0 Å². The van der Waals surface area contributed by atoms with Gasteiger partial charge in [-0.25, -0.2) is 4.98 Å². The van der Waals surface area contributed by atoms with Crippen molar-refractivity contribution in [3.05, 3.63) is 18.7 Å². The van der Waals surface area contributed by atoms with E-state index >= 15 is 0 Å². The lowest BCUT2D eigenvalue weighted by molar-refractivity contribution is -0.122. The number of nitrogens with two attached hydrogens (primary N) is 1. The van der Waals surface area contributed by atoms with Gasteiger partial charge in [-0.3, -0.25) is 4.79 Å². The first-order valence-corrected chi connectivity index (χ1v) is 6.73. The molecule has 1 atom stereocenters. The molecule has 0 saturated carbocycles. The van der Waals surface area contributed by atoms with Crippen LogP contribution >= 0.6 is 0 Å². The van der Waals surface area contributed by atoms with Crippen molar-refractivity contribution in [1.82, 2.24) is 14.9 Å². The van der Waals surface area contributed by atoms with Crippen LogP contribution in [0, 0.1) is 0 Å². The minimum Gasteiger partial charge on any atom is -0.355 e. The third kappa shape index (κ3) is 5.82. The fraction of sp³-hybridized carbons (Fsp3) is 0.692. The topological polar surface area (TPSA) is 72.9 Å². The van der Waals surface area contributed by atoms with Crippen molar-refractivity contribution in [2.24, 2.45) is 5.73 Å². The Morgan fingerprint density at radius 2 is 2.28 bits per heavy atom. The molecule has 0 saturated heterocycles. The maximum Gasteiger partial charge on any atom is 0.236 e. The van der Waals surface area contributed by atoms with Crippen molar-refractivity contribution in [2.75, 3.05) is 6.54 Å². The highest BCUT2D eigenvalue weighted by Crippen LogP contribution is 1.98. The molecule has 1 amide bonds. The van der Waals surface area contributed by atoms with Gasteiger partial charge in [-0.15, -0.1) is 0 Å². The molecule has 5 nitrogen and oxygen atoms in total. The van der Waals surface area contributed by atoms with Gasteiger partial charge in [0, 0.05) is 25.5 Å². The van der Waals surface area contributed by atoms with Crippen LogP contribution in [0.3, 0.4) is 0 Å². The Balaban J connectivity index is 2.01. The second-order valence-corrected chi connectivity index (χ2v) is 4.55. The van der Waals surface area contributed by atoms with E-state index in [1.54, 1.807) is 12.5 Å². The van der Waals surface area contributed by atoms with E-state index in [4.69, 9.17) is 5.73 Å². The van der Waals surface area contributed by atoms with Gasteiger partial charge < -0.3 is 15.6 Å². The molecule has 5 heteroatoms. The molecule has 1 unspecified atom stereocenters. The summed E-state index contributed by atoms with van der Waals surface area (Å²) < 4.78 is 2.04. The number of nitrogens with zero attached hydrogens (tertiary/aromatic N) is 2. The van der Waals surface area contributed by atoms with Gasteiger partial charge in [0.05, 0.1) is 12.4 Å². The average molecular weight is 252 g/mol. The number of hydrogen-bond donors (Lipinski definition) is 2. The van der Waals surface area contributed by atoms with E-state index in [1.807, 2.05) is 10.8 Å². The molecular formula is C13H24N4O. The van der Waals surface area contributed by atoms with Gasteiger partial charge in [0.25, 0.3) is 0 Å². The summed E-state index contributed by atoms with van der Waals surface area (Å²) in [6, 6.07) is -0.349. The number of amides is 1. The van der Waals surface area contributed by atoms with E-state index in [0.29, 0.717) is 6.54 Å². The fourth-order valence-electron chi connectivity index (χ4n) is 1.74.